The highest BCUT2D eigenvalue weighted by molar-refractivity contribution is 5.30. The third-order valence-electron chi connectivity index (χ3n) is 6.61. The van der Waals surface area contributed by atoms with Gasteiger partial charge in [0.05, 0.1) is 6.61 Å². The highest BCUT2D eigenvalue weighted by atomic mass is 16.7. The molecule has 2 atom stereocenters. The molecule has 31 heavy (non-hydrogen) atoms. The molecule has 1 aromatic carbocycles. The van der Waals surface area contributed by atoms with Gasteiger partial charge in [0.25, 0.3) is 0 Å². The maximum Gasteiger partial charge on any atom is 0.199 e. The predicted octanol–water partition coefficient (Wildman–Crippen LogP) is 8.99. The van der Waals surface area contributed by atoms with Gasteiger partial charge in [-0.1, -0.05) is 99.1 Å². The van der Waals surface area contributed by atoms with Crippen molar-refractivity contribution in [2.24, 2.45) is 23.2 Å². The number of benzene rings is 1. The Labute approximate surface area is 193 Å². The molecule has 0 saturated heterocycles. The van der Waals surface area contributed by atoms with E-state index in [1.165, 1.54) is 56.9 Å². The fourth-order valence-electron chi connectivity index (χ4n) is 4.87. The summed E-state index contributed by atoms with van der Waals surface area (Å²) >= 11 is 0. The Hall–Kier alpha value is -1.02. The molecule has 2 rings (SSSR count). The van der Waals surface area contributed by atoms with E-state index in [0.29, 0.717) is 23.2 Å². The highest BCUT2D eigenvalue weighted by Crippen LogP contribution is 2.37. The van der Waals surface area contributed by atoms with Gasteiger partial charge in [-0.3, -0.25) is 0 Å². The first-order chi connectivity index (χ1) is 14.6. The Bertz CT molecular complexity index is 590. The summed E-state index contributed by atoms with van der Waals surface area (Å²) in [5.41, 5.74) is 1.76. The minimum Gasteiger partial charge on any atom is -0.465 e. The maximum absolute atomic E-state index is 6.33. The lowest BCUT2D eigenvalue weighted by atomic mass is 9.76. The second kappa shape index (κ2) is 12.9. The third kappa shape index (κ3) is 10.4. The van der Waals surface area contributed by atoms with E-state index in [4.69, 9.17) is 9.47 Å². The van der Waals surface area contributed by atoms with E-state index in [1.807, 2.05) is 0 Å². The molecule has 178 valence electrons. The summed E-state index contributed by atoms with van der Waals surface area (Å²) in [7, 11) is 0. The van der Waals surface area contributed by atoms with Crippen LogP contribution in [0.15, 0.2) is 24.3 Å². The molecule has 0 bridgehead atoms. The van der Waals surface area contributed by atoms with Gasteiger partial charge < -0.3 is 9.47 Å². The van der Waals surface area contributed by atoms with Crippen LogP contribution in [0.2, 0.25) is 0 Å². The number of hydrogen-bond acceptors (Lipinski definition) is 2. The Morgan fingerprint density at radius 2 is 1.58 bits per heavy atom. The van der Waals surface area contributed by atoms with Crippen LogP contribution in [0.1, 0.15) is 118 Å². The second-order valence-electron chi connectivity index (χ2n) is 11.9. The van der Waals surface area contributed by atoms with E-state index in [2.05, 4.69) is 72.7 Å². The van der Waals surface area contributed by atoms with Crippen molar-refractivity contribution in [3.63, 3.8) is 0 Å². The van der Waals surface area contributed by atoms with Crippen LogP contribution in [-0.4, -0.2) is 12.9 Å². The van der Waals surface area contributed by atoms with E-state index in [-0.39, 0.29) is 6.29 Å². The Kier molecular flexibility index (Phi) is 10.9. The predicted molar refractivity (Wildman–Crippen MR) is 134 cm³/mol. The average molecular weight is 431 g/mol. The molecule has 1 fully saturated rings. The van der Waals surface area contributed by atoms with Gasteiger partial charge in [0, 0.05) is 6.42 Å². The average Bonchev–Trinajstić information content (AvgIpc) is 2.70. The van der Waals surface area contributed by atoms with Gasteiger partial charge in [-0.15, -0.1) is 0 Å². The van der Waals surface area contributed by atoms with Crippen molar-refractivity contribution in [1.82, 2.24) is 0 Å². The van der Waals surface area contributed by atoms with Crippen LogP contribution < -0.4 is 4.74 Å². The number of ether oxygens (including phenoxy) is 2. The molecule has 2 unspecified atom stereocenters. The molecule has 0 aromatic heterocycles. The lowest BCUT2D eigenvalue weighted by molar-refractivity contribution is -0.0941. The SMILES string of the molecule is CC(C)COC(CCCC1CCCCC1)Oc1ccc(C(CC(C)(C)C)C(C)C)cc1. The quantitative estimate of drug-likeness (QED) is 0.308. The van der Waals surface area contributed by atoms with Crippen LogP contribution in [0.5, 0.6) is 5.75 Å². The van der Waals surface area contributed by atoms with E-state index >= 15 is 0 Å². The zero-order valence-corrected chi connectivity index (χ0v) is 21.6. The molecule has 0 radical (unpaired) electrons. The first kappa shape index (κ1) is 26.2. The van der Waals surface area contributed by atoms with Crippen LogP contribution in [0.3, 0.4) is 0 Å². The first-order valence-corrected chi connectivity index (χ1v) is 13.0. The molecule has 2 nitrogen and oxygen atoms in total. The zero-order chi connectivity index (χ0) is 22.9. The van der Waals surface area contributed by atoms with E-state index in [9.17, 15) is 0 Å². The first-order valence-electron chi connectivity index (χ1n) is 13.0. The van der Waals surface area contributed by atoms with Crippen molar-refractivity contribution in [2.75, 3.05) is 6.61 Å². The Morgan fingerprint density at radius 1 is 0.935 bits per heavy atom. The van der Waals surface area contributed by atoms with E-state index in [0.717, 1.165) is 24.7 Å². The van der Waals surface area contributed by atoms with Gasteiger partial charge in [-0.05, 0) is 59.6 Å². The van der Waals surface area contributed by atoms with Crippen molar-refractivity contribution < 1.29 is 9.47 Å². The molecule has 0 amide bonds. The lowest BCUT2D eigenvalue weighted by Gasteiger charge is -2.29. The fourth-order valence-corrected chi connectivity index (χ4v) is 4.87. The molecule has 0 heterocycles. The van der Waals surface area contributed by atoms with Gasteiger partial charge >= 0.3 is 0 Å². The molecular formula is C29H50O2. The summed E-state index contributed by atoms with van der Waals surface area (Å²) in [6.07, 6.45) is 11.7. The van der Waals surface area contributed by atoms with E-state index in [1.54, 1.807) is 0 Å². The summed E-state index contributed by atoms with van der Waals surface area (Å²) in [6.45, 7) is 16.8. The van der Waals surface area contributed by atoms with Crippen molar-refractivity contribution in [2.45, 2.75) is 118 Å². The normalized spacial score (nSPS) is 17.8. The number of hydrogen-bond donors (Lipinski definition) is 0. The Balaban J connectivity index is 1.95. The molecule has 1 aromatic rings. The number of rotatable bonds is 12. The standard InChI is InChI=1S/C29H50O2/c1-22(2)21-30-28(15-11-14-24-12-9-8-10-13-24)31-26-18-16-25(17-19-26)27(23(3)4)20-29(5,6)7/h16-19,22-24,27-28H,8-15,20-21H2,1-7H3. The molecule has 2 heteroatoms. The van der Waals surface area contributed by atoms with Gasteiger partial charge in [0.2, 0.25) is 0 Å². The highest BCUT2D eigenvalue weighted by Gasteiger charge is 2.23. The summed E-state index contributed by atoms with van der Waals surface area (Å²) in [6, 6.07) is 8.85. The fraction of sp³-hybridized carbons (Fsp3) is 0.793. The molecule has 1 aliphatic carbocycles. The Morgan fingerprint density at radius 3 is 2.13 bits per heavy atom. The summed E-state index contributed by atoms with van der Waals surface area (Å²) in [5.74, 6) is 3.60. The van der Waals surface area contributed by atoms with Crippen molar-refractivity contribution in [1.29, 1.82) is 0 Å². The van der Waals surface area contributed by atoms with Gasteiger partial charge in [0.15, 0.2) is 6.29 Å². The topological polar surface area (TPSA) is 18.5 Å². The van der Waals surface area contributed by atoms with Gasteiger partial charge in [-0.25, -0.2) is 0 Å². The molecule has 0 spiro atoms. The molecule has 1 aliphatic rings. The summed E-state index contributed by atoms with van der Waals surface area (Å²) in [5, 5.41) is 0. The van der Waals surface area contributed by atoms with E-state index < -0.39 is 0 Å². The molecule has 0 N–H and O–H groups in total. The van der Waals surface area contributed by atoms with Crippen LogP contribution >= 0.6 is 0 Å². The van der Waals surface area contributed by atoms with Crippen LogP contribution in [0, 0.1) is 23.2 Å². The largest absolute Gasteiger partial charge is 0.465 e. The third-order valence-corrected chi connectivity index (χ3v) is 6.61. The monoisotopic (exact) mass is 430 g/mol. The zero-order valence-electron chi connectivity index (χ0n) is 21.6. The van der Waals surface area contributed by atoms with Crippen molar-refractivity contribution >= 4 is 0 Å². The molecule has 1 saturated carbocycles. The minimum absolute atomic E-state index is 0.132. The van der Waals surface area contributed by atoms with Gasteiger partial charge in [-0.2, -0.15) is 0 Å². The van der Waals surface area contributed by atoms with Crippen LogP contribution in [0.25, 0.3) is 0 Å². The lowest BCUT2D eigenvalue weighted by Crippen LogP contribution is -2.23. The van der Waals surface area contributed by atoms with Crippen molar-refractivity contribution in [3.8, 4) is 5.75 Å². The van der Waals surface area contributed by atoms with Crippen LogP contribution in [0.4, 0.5) is 0 Å². The molecular weight excluding hydrogens is 380 g/mol. The smallest absolute Gasteiger partial charge is 0.199 e. The van der Waals surface area contributed by atoms with Crippen LogP contribution in [-0.2, 0) is 4.74 Å². The summed E-state index contributed by atoms with van der Waals surface area (Å²) < 4.78 is 12.5. The van der Waals surface area contributed by atoms with Gasteiger partial charge in [0.1, 0.15) is 5.75 Å². The maximum atomic E-state index is 6.33. The molecule has 0 aliphatic heterocycles. The van der Waals surface area contributed by atoms with Crippen molar-refractivity contribution in [3.05, 3.63) is 29.8 Å². The minimum atomic E-state index is -0.132. The summed E-state index contributed by atoms with van der Waals surface area (Å²) in [4.78, 5) is 0. The second-order valence-corrected chi connectivity index (χ2v) is 11.9.